The van der Waals surface area contributed by atoms with Gasteiger partial charge in [0.25, 0.3) is 0 Å². The van der Waals surface area contributed by atoms with Crippen molar-refractivity contribution in [3.8, 4) is 0 Å². The van der Waals surface area contributed by atoms with Crippen LogP contribution in [0.3, 0.4) is 0 Å². The Morgan fingerprint density at radius 3 is 1.62 bits per heavy atom. The normalized spacial score (nSPS) is 10.7. The highest BCUT2D eigenvalue weighted by Crippen LogP contribution is 1.84. The molecule has 0 aromatic rings. The van der Waals surface area contributed by atoms with E-state index >= 15 is 0 Å². The molecule has 0 heterocycles. The Balaban J connectivity index is 0. The number of nitrogens with zero attached hydrogens (tertiary/aromatic N) is 1. The molecule has 4 nitrogen and oxygen atoms in total. The van der Waals surface area contributed by atoms with Gasteiger partial charge in [0.05, 0.1) is 47.8 Å². The Bertz CT molecular complexity index is 139. The molecule has 0 aliphatic heterocycles. The standard InChI is InChI=1S/C5H11NO2.C4H11N/c1-6(2,3)4-5(7)8;1-4-5(2)3/h4H2,1-3H3;4H2,1-3H3/p+1. The number of rotatable bonds is 3. The maximum atomic E-state index is 9.89. The van der Waals surface area contributed by atoms with E-state index in [0.717, 1.165) is 0 Å². The number of hydrogen-bond donors (Lipinski definition) is 1. The number of carboxylic acid groups (broad SMARTS) is 1. The van der Waals surface area contributed by atoms with Crippen LogP contribution in [0.1, 0.15) is 6.92 Å². The molecule has 4 heteroatoms. The number of hydrogen-bond acceptors (Lipinski definition) is 2. The van der Waals surface area contributed by atoms with Gasteiger partial charge in [-0.2, -0.15) is 0 Å². The molecule has 0 aliphatic rings. The molecule has 0 saturated heterocycles. The molecule has 0 unspecified atom stereocenters. The Morgan fingerprint density at radius 2 is 1.62 bits per heavy atom. The number of nitrogens with one attached hydrogen (secondary N) is 1. The molecule has 0 radical (unpaired) electrons. The van der Waals surface area contributed by atoms with Gasteiger partial charge in [-0.1, -0.05) is 0 Å². The molecule has 0 aliphatic carbocycles. The van der Waals surface area contributed by atoms with Crippen LogP contribution in [-0.4, -0.2) is 58.8 Å². The molecule has 0 spiro atoms. The molecule has 0 rings (SSSR count). The summed E-state index contributed by atoms with van der Waals surface area (Å²) >= 11 is 0. The summed E-state index contributed by atoms with van der Waals surface area (Å²) in [6.45, 7) is 3.45. The maximum absolute atomic E-state index is 9.89. The zero-order valence-corrected chi connectivity index (χ0v) is 9.68. The fraction of sp³-hybridized carbons (Fsp3) is 0.889. The van der Waals surface area contributed by atoms with E-state index < -0.39 is 5.97 Å². The fourth-order valence-electron chi connectivity index (χ4n) is 0.387. The quantitative estimate of drug-likeness (QED) is 0.505. The van der Waals surface area contributed by atoms with Gasteiger partial charge in [0.2, 0.25) is 0 Å². The number of quaternary nitrogens is 2. The third-order valence-corrected chi connectivity index (χ3v) is 1.31. The molecular weight excluding hydrogens is 168 g/mol. The third-order valence-electron chi connectivity index (χ3n) is 1.31. The topological polar surface area (TPSA) is 44.6 Å². The average molecular weight is 191 g/mol. The number of carbonyl (C=O) groups is 1. The Labute approximate surface area is 81.4 Å². The minimum absolute atomic E-state index is 0.0694. The van der Waals surface area contributed by atoms with Gasteiger partial charge in [-0.3, -0.25) is 0 Å². The van der Waals surface area contributed by atoms with Crippen LogP contribution in [0.5, 0.6) is 0 Å². The number of carbonyl (C=O) groups excluding carboxylic acids is 1. The summed E-state index contributed by atoms with van der Waals surface area (Å²) in [4.78, 5) is 11.4. The van der Waals surface area contributed by atoms with Gasteiger partial charge in [-0.05, 0) is 6.92 Å². The summed E-state index contributed by atoms with van der Waals surface area (Å²) in [5, 5.41) is 9.89. The van der Waals surface area contributed by atoms with E-state index in [4.69, 9.17) is 0 Å². The van der Waals surface area contributed by atoms with Crippen LogP contribution in [0.4, 0.5) is 0 Å². The summed E-state index contributed by atoms with van der Waals surface area (Å²) in [5.74, 6) is -1.00. The lowest BCUT2D eigenvalue weighted by Gasteiger charge is -2.23. The zero-order chi connectivity index (χ0) is 11.1. The van der Waals surface area contributed by atoms with E-state index in [0.29, 0.717) is 4.48 Å². The monoisotopic (exact) mass is 191 g/mol. The first-order valence-corrected chi connectivity index (χ1v) is 4.48. The molecule has 0 fully saturated rings. The maximum Gasteiger partial charge on any atom is 0.118 e. The second-order valence-corrected chi connectivity index (χ2v) is 4.38. The van der Waals surface area contributed by atoms with Crippen molar-refractivity contribution in [2.45, 2.75) is 6.92 Å². The van der Waals surface area contributed by atoms with Gasteiger partial charge >= 0.3 is 0 Å². The number of likely N-dealkylation sites (N-methyl/N-ethyl adjacent to an activating group) is 1. The number of aliphatic carboxylic acids is 1. The van der Waals surface area contributed by atoms with Crippen molar-refractivity contribution < 1.29 is 19.3 Å². The summed E-state index contributed by atoms with van der Waals surface area (Å²) in [5.41, 5.74) is 0. The summed E-state index contributed by atoms with van der Waals surface area (Å²) < 4.78 is 0.419. The van der Waals surface area contributed by atoms with Crippen LogP contribution < -0.4 is 10.0 Å². The van der Waals surface area contributed by atoms with Gasteiger partial charge in [-0.25, -0.2) is 0 Å². The summed E-state index contributed by atoms with van der Waals surface area (Å²) in [7, 11) is 9.68. The van der Waals surface area contributed by atoms with Crippen molar-refractivity contribution >= 4 is 5.97 Å². The summed E-state index contributed by atoms with van der Waals surface area (Å²) in [6.07, 6.45) is 0. The molecule has 13 heavy (non-hydrogen) atoms. The molecule has 0 atom stereocenters. The van der Waals surface area contributed by atoms with Crippen LogP contribution in [0, 0.1) is 0 Å². The molecule has 1 N–H and O–H groups in total. The molecule has 80 valence electrons. The molecular formula is C9H23N2O2+. The molecule has 0 bridgehead atoms. The lowest BCUT2D eigenvalue weighted by atomic mass is 10.5. The molecule has 0 amide bonds. The van der Waals surface area contributed by atoms with E-state index in [9.17, 15) is 9.90 Å². The van der Waals surface area contributed by atoms with Crippen molar-refractivity contribution in [3.05, 3.63) is 0 Å². The first kappa shape index (κ1) is 14.9. The van der Waals surface area contributed by atoms with Gasteiger partial charge in [0.1, 0.15) is 6.54 Å². The van der Waals surface area contributed by atoms with Crippen molar-refractivity contribution in [1.29, 1.82) is 0 Å². The molecule has 0 aromatic heterocycles. The van der Waals surface area contributed by atoms with Crippen LogP contribution in [0.2, 0.25) is 0 Å². The Kier molecular flexibility index (Phi) is 7.85. The van der Waals surface area contributed by atoms with Crippen molar-refractivity contribution in [2.24, 2.45) is 0 Å². The largest absolute Gasteiger partial charge is 0.544 e. The van der Waals surface area contributed by atoms with Gasteiger partial charge in [0, 0.05) is 0 Å². The van der Waals surface area contributed by atoms with Crippen molar-refractivity contribution in [1.82, 2.24) is 0 Å². The second kappa shape index (κ2) is 6.86. The SMILES string of the molecule is CC[NH+](C)C.C[N+](C)(C)CC(=O)[O-]. The smallest absolute Gasteiger partial charge is 0.118 e. The highest BCUT2D eigenvalue weighted by molar-refractivity contribution is 5.65. The first-order valence-electron chi connectivity index (χ1n) is 4.48. The van der Waals surface area contributed by atoms with E-state index in [1.807, 2.05) is 0 Å². The van der Waals surface area contributed by atoms with E-state index in [-0.39, 0.29) is 6.54 Å². The number of carboxylic acids is 1. The lowest BCUT2D eigenvalue weighted by molar-refractivity contribution is -0.864. The first-order chi connectivity index (χ1) is 5.69. The Hall–Kier alpha value is -0.610. The third kappa shape index (κ3) is 24.6. The predicted octanol–water partition coefficient (Wildman–Crippen LogP) is -2.41. The second-order valence-electron chi connectivity index (χ2n) is 4.38. The van der Waals surface area contributed by atoms with Gasteiger partial charge in [0.15, 0.2) is 0 Å². The van der Waals surface area contributed by atoms with Gasteiger partial charge < -0.3 is 19.3 Å². The van der Waals surface area contributed by atoms with Crippen molar-refractivity contribution in [2.75, 3.05) is 48.3 Å². The van der Waals surface area contributed by atoms with E-state index in [1.54, 1.807) is 21.1 Å². The van der Waals surface area contributed by atoms with E-state index in [2.05, 4.69) is 21.0 Å². The average Bonchev–Trinajstić information content (AvgIpc) is 1.83. The van der Waals surface area contributed by atoms with Crippen LogP contribution in [-0.2, 0) is 4.79 Å². The lowest BCUT2D eigenvalue weighted by Crippen LogP contribution is -3.05. The van der Waals surface area contributed by atoms with Crippen LogP contribution >= 0.6 is 0 Å². The Morgan fingerprint density at radius 1 is 1.31 bits per heavy atom. The van der Waals surface area contributed by atoms with Gasteiger partial charge in [-0.15, -0.1) is 0 Å². The van der Waals surface area contributed by atoms with Crippen LogP contribution in [0.15, 0.2) is 0 Å². The van der Waals surface area contributed by atoms with E-state index in [1.165, 1.54) is 11.4 Å². The minimum Gasteiger partial charge on any atom is -0.544 e. The zero-order valence-electron chi connectivity index (χ0n) is 9.68. The molecule has 0 saturated carbocycles. The highest BCUT2D eigenvalue weighted by Gasteiger charge is 2.04. The highest BCUT2D eigenvalue weighted by atomic mass is 16.4. The predicted molar refractivity (Wildman–Crippen MR) is 51.3 cm³/mol. The van der Waals surface area contributed by atoms with Crippen molar-refractivity contribution in [3.63, 3.8) is 0 Å². The minimum atomic E-state index is -1.00. The van der Waals surface area contributed by atoms with Crippen LogP contribution in [0.25, 0.3) is 0 Å². The fourth-order valence-corrected chi connectivity index (χ4v) is 0.387. The summed E-state index contributed by atoms with van der Waals surface area (Å²) in [6, 6.07) is 0. The molecule has 0 aromatic carbocycles.